The number of hydrogen-bond donors (Lipinski definition) is 1. The van der Waals surface area contributed by atoms with E-state index in [0.717, 1.165) is 19.4 Å². The molecule has 1 atom stereocenters. The molecule has 10 heavy (non-hydrogen) atoms. The summed E-state index contributed by atoms with van der Waals surface area (Å²) in [6.07, 6.45) is 1.46. The molecular weight excluding hydrogens is 132 g/mol. The minimum Gasteiger partial charge on any atom is -0.263 e. The van der Waals surface area contributed by atoms with Gasteiger partial charge in [0.1, 0.15) is 0 Å². The van der Waals surface area contributed by atoms with Gasteiger partial charge in [-0.15, -0.1) is 0 Å². The van der Waals surface area contributed by atoms with E-state index in [0.29, 0.717) is 0 Å². The average Bonchev–Trinajstić information content (AvgIpc) is 1.88. The second kappa shape index (κ2) is 5.17. The van der Waals surface area contributed by atoms with Gasteiger partial charge in [-0.25, -0.2) is 0 Å². The van der Waals surface area contributed by atoms with E-state index >= 15 is 0 Å². The van der Waals surface area contributed by atoms with Gasteiger partial charge in [0.25, 0.3) is 6.17 Å². The van der Waals surface area contributed by atoms with Gasteiger partial charge in [0.05, 0.1) is 0 Å². The van der Waals surface area contributed by atoms with Crippen LogP contribution in [0.2, 0.25) is 0 Å². The molecule has 0 radical (unpaired) electrons. The smallest absolute Gasteiger partial charge is 0.263 e. The Labute approximate surface area is 60.8 Å². The van der Waals surface area contributed by atoms with Gasteiger partial charge >= 0.3 is 0 Å². The summed E-state index contributed by atoms with van der Waals surface area (Å²) in [6, 6.07) is 0. The molecule has 0 aliphatic carbocycles. The van der Waals surface area contributed by atoms with Crippen LogP contribution in [0.4, 0.5) is 0 Å². The lowest BCUT2D eigenvalue weighted by molar-refractivity contribution is -0.524. The van der Waals surface area contributed by atoms with Crippen LogP contribution in [0.15, 0.2) is 0 Å². The number of nitro groups is 1. The Morgan fingerprint density at radius 2 is 2.30 bits per heavy atom. The highest BCUT2D eigenvalue weighted by Crippen LogP contribution is 1.86. The molecule has 4 nitrogen and oxygen atoms in total. The molecule has 4 heteroatoms. The van der Waals surface area contributed by atoms with Crippen LogP contribution in [0.5, 0.6) is 0 Å². The zero-order valence-corrected chi connectivity index (χ0v) is 6.46. The van der Waals surface area contributed by atoms with E-state index in [1.54, 1.807) is 6.92 Å². The molecule has 1 unspecified atom stereocenters. The molecule has 0 aliphatic rings. The fourth-order valence-electron chi connectivity index (χ4n) is 0.562. The minimum atomic E-state index is -0.605. The van der Waals surface area contributed by atoms with Gasteiger partial charge in [0.2, 0.25) is 0 Å². The summed E-state index contributed by atoms with van der Waals surface area (Å²) in [5, 5.41) is 12.8. The maximum atomic E-state index is 10.0. The molecule has 0 heterocycles. The molecule has 0 fully saturated rings. The van der Waals surface area contributed by atoms with Crippen LogP contribution in [-0.4, -0.2) is 17.6 Å². The largest absolute Gasteiger partial charge is 0.263 e. The average molecular weight is 146 g/mol. The monoisotopic (exact) mass is 146 g/mol. The van der Waals surface area contributed by atoms with E-state index in [1.807, 2.05) is 0 Å². The van der Waals surface area contributed by atoms with Crippen molar-refractivity contribution in [3.63, 3.8) is 0 Å². The van der Waals surface area contributed by atoms with E-state index in [-0.39, 0.29) is 4.92 Å². The van der Waals surface area contributed by atoms with Gasteiger partial charge in [-0.05, 0) is 6.42 Å². The lowest BCUT2D eigenvalue weighted by atomic mass is 10.3. The maximum absolute atomic E-state index is 10.0. The van der Waals surface area contributed by atoms with Crippen LogP contribution < -0.4 is 5.32 Å². The molecule has 1 N–H and O–H groups in total. The summed E-state index contributed by atoms with van der Waals surface area (Å²) >= 11 is 0. The van der Waals surface area contributed by atoms with Crippen LogP contribution in [-0.2, 0) is 0 Å². The van der Waals surface area contributed by atoms with Gasteiger partial charge in [-0.1, -0.05) is 13.3 Å². The van der Waals surface area contributed by atoms with E-state index in [9.17, 15) is 10.1 Å². The number of rotatable bonds is 5. The number of hydrogen-bond acceptors (Lipinski definition) is 3. The second-order valence-electron chi connectivity index (χ2n) is 2.27. The Hall–Kier alpha value is -0.640. The third-order valence-electron chi connectivity index (χ3n) is 1.29. The van der Waals surface area contributed by atoms with Crippen molar-refractivity contribution in [1.29, 1.82) is 0 Å². The molecule has 0 aliphatic heterocycles. The lowest BCUT2D eigenvalue weighted by Gasteiger charge is -2.04. The first-order chi connectivity index (χ1) is 4.68. The van der Waals surface area contributed by atoms with Crippen molar-refractivity contribution in [2.24, 2.45) is 0 Å². The van der Waals surface area contributed by atoms with E-state index in [1.165, 1.54) is 0 Å². The number of nitrogens with one attached hydrogen (secondary N) is 1. The summed E-state index contributed by atoms with van der Waals surface area (Å²) in [5.74, 6) is 0. The SMILES string of the molecule is CCCCNC(C)[N+](=O)[O-]. The molecule has 0 aromatic heterocycles. The van der Waals surface area contributed by atoms with Crippen LogP contribution in [0, 0.1) is 10.1 Å². The van der Waals surface area contributed by atoms with E-state index < -0.39 is 6.17 Å². The van der Waals surface area contributed by atoms with Gasteiger partial charge in [-0.2, -0.15) is 0 Å². The standard InChI is InChI=1S/C6H14N2O2/c1-3-4-5-7-6(2)8(9)10/h6-7H,3-5H2,1-2H3. The fourth-order valence-corrected chi connectivity index (χ4v) is 0.562. The van der Waals surface area contributed by atoms with Gasteiger partial charge < -0.3 is 0 Å². The lowest BCUT2D eigenvalue weighted by Crippen LogP contribution is -2.33. The third kappa shape index (κ3) is 4.26. The molecular formula is C6H14N2O2. The zero-order chi connectivity index (χ0) is 7.98. The highest BCUT2D eigenvalue weighted by molar-refractivity contribution is 4.46. The van der Waals surface area contributed by atoms with Crippen LogP contribution in [0.25, 0.3) is 0 Å². The molecule has 0 bridgehead atoms. The Kier molecular flexibility index (Phi) is 4.84. The van der Waals surface area contributed by atoms with E-state index in [2.05, 4.69) is 12.2 Å². The van der Waals surface area contributed by atoms with E-state index in [4.69, 9.17) is 0 Å². The summed E-state index contributed by atoms with van der Waals surface area (Å²) in [4.78, 5) is 9.71. The normalized spacial score (nSPS) is 13.0. The molecule has 0 aromatic rings. The second-order valence-corrected chi connectivity index (χ2v) is 2.27. The molecule has 0 saturated heterocycles. The first kappa shape index (κ1) is 9.36. The van der Waals surface area contributed by atoms with Gasteiger partial charge in [-0.3, -0.25) is 15.4 Å². The Morgan fingerprint density at radius 1 is 1.70 bits per heavy atom. The molecule has 0 saturated carbocycles. The zero-order valence-electron chi connectivity index (χ0n) is 6.46. The quantitative estimate of drug-likeness (QED) is 0.272. The topological polar surface area (TPSA) is 55.2 Å². The third-order valence-corrected chi connectivity index (χ3v) is 1.29. The molecule has 0 aromatic carbocycles. The Bertz CT molecular complexity index is 106. The summed E-state index contributed by atoms with van der Waals surface area (Å²) in [5.41, 5.74) is 0. The van der Waals surface area contributed by atoms with Crippen molar-refractivity contribution in [3.8, 4) is 0 Å². The first-order valence-electron chi connectivity index (χ1n) is 3.55. The Morgan fingerprint density at radius 3 is 2.70 bits per heavy atom. The minimum absolute atomic E-state index is 0.324. The predicted octanol–water partition coefficient (Wildman–Crippen LogP) is 0.999. The van der Waals surface area contributed by atoms with Crippen molar-refractivity contribution in [3.05, 3.63) is 10.1 Å². The summed E-state index contributed by atoms with van der Waals surface area (Å²) in [6.45, 7) is 4.34. The van der Waals surface area contributed by atoms with Crippen molar-refractivity contribution in [2.75, 3.05) is 6.54 Å². The predicted molar refractivity (Wildman–Crippen MR) is 39.4 cm³/mol. The van der Waals surface area contributed by atoms with Gasteiger partial charge in [0.15, 0.2) is 0 Å². The van der Waals surface area contributed by atoms with Crippen molar-refractivity contribution in [2.45, 2.75) is 32.9 Å². The summed E-state index contributed by atoms with van der Waals surface area (Å²) in [7, 11) is 0. The molecule has 60 valence electrons. The molecule has 0 spiro atoms. The fraction of sp³-hybridized carbons (Fsp3) is 1.00. The van der Waals surface area contributed by atoms with Crippen LogP contribution >= 0.6 is 0 Å². The van der Waals surface area contributed by atoms with Crippen molar-refractivity contribution in [1.82, 2.24) is 5.32 Å². The maximum Gasteiger partial charge on any atom is 0.263 e. The van der Waals surface area contributed by atoms with Crippen molar-refractivity contribution >= 4 is 0 Å². The van der Waals surface area contributed by atoms with Crippen LogP contribution in [0.1, 0.15) is 26.7 Å². The Balaban J connectivity index is 3.21. The number of nitrogens with zero attached hydrogens (tertiary/aromatic N) is 1. The van der Waals surface area contributed by atoms with Crippen molar-refractivity contribution < 1.29 is 4.92 Å². The molecule has 0 amide bonds. The number of unbranched alkanes of at least 4 members (excludes halogenated alkanes) is 1. The molecule has 0 rings (SSSR count). The van der Waals surface area contributed by atoms with Crippen LogP contribution in [0.3, 0.4) is 0 Å². The highest BCUT2D eigenvalue weighted by atomic mass is 16.6. The summed E-state index contributed by atoms with van der Waals surface area (Å²) < 4.78 is 0. The highest BCUT2D eigenvalue weighted by Gasteiger charge is 2.08. The van der Waals surface area contributed by atoms with Gasteiger partial charge in [0, 0.05) is 18.4 Å². The first-order valence-corrected chi connectivity index (χ1v) is 3.55.